The second-order valence-corrected chi connectivity index (χ2v) is 6.69. The summed E-state index contributed by atoms with van der Waals surface area (Å²) in [6, 6.07) is 5.47. The van der Waals surface area contributed by atoms with Crippen molar-refractivity contribution in [2.75, 3.05) is 12.3 Å². The van der Waals surface area contributed by atoms with Gasteiger partial charge in [0.15, 0.2) is 0 Å². The van der Waals surface area contributed by atoms with E-state index in [4.69, 9.17) is 27.7 Å². The molecule has 0 saturated carbocycles. The van der Waals surface area contributed by atoms with Crippen molar-refractivity contribution < 1.29 is 9.32 Å². The third-order valence-electron chi connectivity index (χ3n) is 3.36. The van der Waals surface area contributed by atoms with Crippen molar-refractivity contribution in [1.82, 2.24) is 10.1 Å². The average Bonchev–Trinajstić information content (AvgIpc) is 3.10. The van der Waals surface area contributed by atoms with Gasteiger partial charge < -0.3 is 9.42 Å². The van der Waals surface area contributed by atoms with Gasteiger partial charge in [-0.2, -0.15) is 0 Å². The van der Waals surface area contributed by atoms with Gasteiger partial charge in [0, 0.05) is 12.3 Å². The van der Waals surface area contributed by atoms with E-state index in [-0.39, 0.29) is 11.3 Å². The van der Waals surface area contributed by atoms with Gasteiger partial charge in [0.1, 0.15) is 16.7 Å². The summed E-state index contributed by atoms with van der Waals surface area (Å²) in [6.45, 7) is 2.41. The number of thioether (sulfide) groups is 1. The molecule has 21 heavy (non-hydrogen) atoms. The van der Waals surface area contributed by atoms with Crippen molar-refractivity contribution in [2.24, 2.45) is 0 Å². The number of halogens is 2. The van der Waals surface area contributed by atoms with Crippen LogP contribution in [0.1, 0.15) is 27.1 Å². The summed E-state index contributed by atoms with van der Waals surface area (Å²) in [5.41, 5.74) is 1.47. The molecule has 1 aliphatic rings. The highest BCUT2D eigenvalue weighted by Crippen LogP contribution is 2.40. The lowest BCUT2D eigenvalue weighted by molar-refractivity contribution is 0.0758. The first kappa shape index (κ1) is 14.8. The van der Waals surface area contributed by atoms with E-state index in [1.807, 2.05) is 17.0 Å². The van der Waals surface area contributed by atoms with Gasteiger partial charge in [-0.25, -0.2) is 0 Å². The van der Waals surface area contributed by atoms with Crippen LogP contribution in [0, 0.1) is 6.92 Å². The van der Waals surface area contributed by atoms with Gasteiger partial charge in [-0.05, 0) is 24.6 Å². The number of aromatic nitrogens is 1. The third kappa shape index (κ3) is 2.78. The van der Waals surface area contributed by atoms with Gasteiger partial charge >= 0.3 is 0 Å². The van der Waals surface area contributed by atoms with Crippen molar-refractivity contribution in [3.63, 3.8) is 0 Å². The number of hydrogen-bond acceptors (Lipinski definition) is 4. The van der Waals surface area contributed by atoms with Crippen LogP contribution in [-0.2, 0) is 0 Å². The molecule has 1 saturated heterocycles. The molecule has 1 fully saturated rings. The Hall–Kier alpha value is -1.17. The van der Waals surface area contributed by atoms with Crippen molar-refractivity contribution in [3.8, 4) is 0 Å². The van der Waals surface area contributed by atoms with Gasteiger partial charge in [0.2, 0.25) is 0 Å². The maximum absolute atomic E-state index is 12.6. The van der Waals surface area contributed by atoms with E-state index in [1.54, 1.807) is 24.8 Å². The van der Waals surface area contributed by atoms with Crippen molar-refractivity contribution in [2.45, 2.75) is 12.3 Å². The Morgan fingerprint density at radius 1 is 1.43 bits per heavy atom. The molecule has 0 aliphatic carbocycles. The molecule has 0 radical (unpaired) electrons. The number of carbonyl (C=O) groups is 1. The number of amides is 1. The minimum atomic E-state index is -0.0742. The molecule has 2 aromatic rings. The maximum atomic E-state index is 12.6. The predicted molar refractivity (Wildman–Crippen MR) is 83.9 cm³/mol. The Labute approximate surface area is 136 Å². The van der Waals surface area contributed by atoms with Crippen molar-refractivity contribution in [3.05, 3.63) is 51.3 Å². The summed E-state index contributed by atoms with van der Waals surface area (Å²) in [6.07, 6.45) is 1.46. The van der Waals surface area contributed by atoms with Gasteiger partial charge in [-0.1, -0.05) is 34.4 Å². The van der Waals surface area contributed by atoms with Gasteiger partial charge in [0.05, 0.1) is 16.2 Å². The number of aryl methyl sites for hydroxylation is 1. The molecule has 7 heteroatoms. The fourth-order valence-electron chi connectivity index (χ4n) is 2.28. The average molecular weight is 343 g/mol. The van der Waals surface area contributed by atoms with Crippen LogP contribution in [0.4, 0.5) is 0 Å². The zero-order valence-corrected chi connectivity index (χ0v) is 13.5. The molecule has 3 rings (SSSR count). The third-order valence-corrected chi connectivity index (χ3v) is 5.36. The number of benzene rings is 1. The fraction of sp³-hybridized carbons (Fsp3) is 0.286. The predicted octanol–water partition coefficient (Wildman–Crippen LogP) is 4.18. The lowest BCUT2D eigenvalue weighted by Gasteiger charge is -2.24. The summed E-state index contributed by atoms with van der Waals surface area (Å²) < 4.78 is 4.98. The lowest BCUT2D eigenvalue weighted by atomic mass is 10.1. The Morgan fingerprint density at radius 3 is 2.90 bits per heavy atom. The zero-order chi connectivity index (χ0) is 15.0. The molecule has 0 N–H and O–H groups in total. The van der Waals surface area contributed by atoms with Gasteiger partial charge in [0.25, 0.3) is 5.91 Å². The normalized spacial score (nSPS) is 18.2. The van der Waals surface area contributed by atoms with Crippen LogP contribution in [0.15, 0.2) is 28.9 Å². The molecule has 2 heterocycles. The second kappa shape index (κ2) is 5.91. The Kier molecular flexibility index (Phi) is 4.15. The van der Waals surface area contributed by atoms with Crippen LogP contribution in [0.2, 0.25) is 10.0 Å². The minimum absolute atomic E-state index is 0.0680. The van der Waals surface area contributed by atoms with E-state index in [2.05, 4.69) is 5.16 Å². The number of carbonyl (C=O) groups excluding carboxylic acids is 1. The van der Waals surface area contributed by atoms with Crippen LogP contribution >= 0.6 is 35.0 Å². The van der Waals surface area contributed by atoms with Crippen molar-refractivity contribution >= 4 is 40.9 Å². The van der Waals surface area contributed by atoms with Crippen LogP contribution in [0.5, 0.6) is 0 Å². The molecular weight excluding hydrogens is 331 g/mol. The molecule has 0 spiro atoms. The highest BCUT2D eigenvalue weighted by molar-refractivity contribution is 7.99. The van der Waals surface area contributed by atoms with E-state index in [0.717, 1.165) is 11.3 Å². The van der Waals surface area contributed by atoms with E-state index in [0.29, 0.717) is 27.9 Å². The highest BCUT2D eigenvalue weighted by Gasteiger charge is 2.33. The zero-order valence-electron chi connectivity index (χ0n) is 11.2. The summed E-state index contributed by atoms with van der Waals surface area (Å²) in [5, 5.41) is 4.61. The summed E-state index contributed by atoms with van der Waals surface area (Å²) in [5.74, 6) is 1.33. The molecule has 1 aromatic carbocycles. The molecule has 1 aromatic heterocycles. The first-order chi connectivity index (χ1) is 10.1. The van der Waals surface area contributed by atoms with Gasteiger partial charge in [-0.3, -0.25) is 4.79 Å². The topological polar surface area (TPSA) is 46.3 Å². The molecule has 0 unspecified atom stereocenters. The molecule has 1 amide bonds. The SMILES string of the molecule is Cc1oncc1C(=O)N1CCS[C@H]1c1ccc(Cl)c(Cl)c1. The largest absolute Gasteiger partial charge is 0.361 e. The maximum Gasteiger partial charge on any atom is 0.260 e. The first-order valence-electron chi connectivity index (χ1n) is 6.36. The monoisotopic (exact) mass is 342 g/mol. The molecule has 110 valence electrons. The quantitative estimate of drug-likeness (QED) is 0.821. The summed E-state index contributed by atoms with van der Waals surface area (Å²) >= 11 is 13.7. The molecule has 1 atom stereocenters. The van der Waals surface area contributed by atoms with E-state index >= 15 is 0 Å². The second-order valence-electron chi connectivity index (χ2n) is 4.69. The van der Waals surface area contributed by atoms with Crippen LogP contribution in [0.3, 0.4) is 0 Å². The van der Waals surface area contributed by atoms with Crippen LogP contribution in [-0.4, -0.2) is 28.3 Å². The Bertz CT molecular complexity index is 689. The minimum Gasteiger partial charge on any atom is -0.361 e. The molecule has 4 nitrogen and oxygen atoms in total. The molecule has 0 bridgehead atoms. The molecular formula is C14H12Cl2N2O2S. The van der Waals surface area contributed by atoms with Crippen molar-refractivity contribution in [1.29, 1.82) is 0 Å². The first-order valence-corrected chi connectivity index (χ1v) is 8.17. The van der Waals surface area contributed by atoms with Crippen LogP contribution in [0.25, 0.3) is 0 Å². The number of nitrogens with zero attached hydrogens (tertiary/aromatic N) is 2. The smallest absolute Gasteiger partial charge is 0.260 e. The van der Waals surface area contributed by atoms with E-state index in [1.165, 1.54) is 6.20 Å². The van der Waals surface area contributed by atoms with E-state index < -0.39 is 0 Å². The number of hydrogen-bond donors (Lipinski definition) is 0. The Morgan fingerprint density at radius 2 is 2.24 bits per heavy atom. The number of rotatable bonds is 2. The summed E-state index contributed by atoms with van der Waals surface area (Å²) in [7, 11) is 0. The van der Waals surface area contributed by atoms with E-state index in [9.17, 15) is 4.79 Å². The standard InChI is InChI=1S/C14H12Cl2N2O2S/c1-8-10(7-17-20-8)13(19)18-4-5-21-14(18)9-2-3-11(15)12(16)6-9/h2-3,6-7,14H,4-5H2,1H3/t14-/m0/s1. The Balaban J connectivity index is 1.90. The fourth-order valence-corrected chi connectivity index (χ4v) is 3.83. The highest BCUT2D eigenvalue weighted by atomic mass is 35.5. The lowest BCUT2D eigenvalue weighted by Crippen LogP contribution is -2.30. The summed E-state index contributed by atoms with van der Waals surface area (Å²) in [4.78, 5) is 14.4. The van der Waals surface area contributed by atoms with Gasteiger partial charge in [-0.15, -0.1) is 11.8 Å². The van der Waals surface area contributed by atoms with Crippen LogP contribution < -0.4 is 0 Å². The molecule has 1 aliphatic heterocycles.